The molecule has 1 amide bonds. The van der Waals surface area contributed by atoms with Gasteiger partial charge in [0, 0.05) is 13.0 Å². The number of aromatic nitrogens is 4. The Kier molecular flexibility index (Phi) is 4.90. The molecular formula is C17H16FN5O. The van der Waals surface area contributed by atoms with Crippen LogP contribution >= 0.6 is 0 Å². The molecule has 2 aromatic carbocycles. The Labute approximate surface area is 138 Å². The van der Waals surface area contributed by atoms with E-state index in [9.17, 15) is 9.18 Å². The van der Waals surface area contributed by atoms with Gasteiger partial charge in [-0.05, 0) is 33.7 Å². The summed E-state index contributed by atoms with van der Waals surface area (Å²) in [6.45, 7) is 0.240. The average molecular weight is 325 g/mol. The van der Waals surface area contributed by atoms with Gasteiger partial charge in [0.25, 0.3) is 0 Å². The molecule has 3 rings (SSSR count). The van der Waals surface area contributed by atoms with Gasteiger partial charge >= 0.3 is 0 Å². The normalized spacial score (nSPS) is 11.9. The molecular weight excluding hydrogens is 309 g/mol. The smallest absolute Gasteiger partial charge is 0.245 e. The summed E-state index contributed by atoms with van der Waals surface area (Å²) in [5, 5.41) is 13.9. The van der Waals surface area contributed by atoms with E-state index in [0.717, 1.165) is 5.56 Å². The van der Waals surface area contributed by atoms with Crippen LogP contribution in [0, 0.1) is 5.82 Å². The molecule has 6 nitrogen and oxygen atoms in total. The van der Waals surface area contributed by atoms with Crippen molar-refractivity contribution in [2.45, 2.75) is 19.0 Å². The Balaban J connectivity index is 1.71. The van der Waals surface area contributed by atoms with Crippen molar-refractivity contribution in [2.75, 3.05) is 0 Å². The molecule has 7 heteroatoms. The lowest BCUT2D eigenvalue weighted by Gasteiger charge is -2.16. The minimum Gasteiger partial charge on any atom is -0.350 e. The molecule has 3 aromatic rings. The van der Waals surface area contributed by atoms with Crippen LogP contribution < -0.4 is 5.32 Å². The highest BCUT2D eigenvalue weighted by molar-refractivity contribution is 5.80. The maximum absolute atomic E-state index is 13.2. The maximum atomic E-state index is 13.2. The monoisotopic (exact) mass is 325 g/mol. The van der Waals surface area contributed by atoms with E-state index in [0.29, 0.717) is 12.0 Å². The summed E-state index contributed by atoms with van der Waals surface area (Å²) in [5.74, 6) is -0.557. The van der Waals surface area contributed by atoms with Gasteiger partial charge in [0.15, 0.2) is 0 Å². The fraction of sp³-hybridized carbons (Fsp3) is 0.176. The molecule has 0 fully saturated rings. The topological polar surface area (TPSA) is 72.7 Å². The number of halogens is 1. The number of hydrogen-bond donors (Lipinski definition) is 1. The van der Waals surface area contributed by atoms with Gasteiger partial charge < -0.3 is 5.32 Å². The molecule has 1 N–H and O–H groups in total. The number of hydrogen-bond acceptors (Lipinski definition) is 4. The maximum Gasteiger partial charge on any atom is 0.245 e. The Morgan fingerprint density at radius 2 is 1.92 bits per heavy atom. The third-order valence-corrected chi connectivity index (χ3v) is 3.61. The highest BCUT2D eigenvalue weighted by Crippen LogP contribution is 2.13. The number of carbonyl (C=O) groups is 1. The second-order valence-electron chi connectivity index (χ2n) is 5.34. The first-order valence-electron chi connectivity index (χ1n) is 7.51. The molecule has 0 spiro atoms. The summed E-state index contributed by atoms with van der Waals surface area (Å²) in [4.78, 5) is 12.6. The standard InChI is InChI=1S/C17H16FN5O/c18-15-8-4-7-14(9-15)11-19-17(24)16(23-12-20-21-22-23)10-13-5-2-1-3-6-13/h1-9,12,16H,10-11H2,(H,19,24)/t16-/m1/s1. The number of carbonyl (C=O) groups excluding carboxylic acids is 1. The predicted molar refractivity (Wildman–Crippen MR) is 85.2 cm³/mol. The van der Waals surface area contributed by atoms with Crippen molar-refractivity contribution >= 4 is 5.91 Å². The van der Waals surface area contributed by atoms with Crippen molar-refractivity contribution in [2.24, 2.45) is 0 Å². The quantitative estimate of drug-likeness (QED) is 0.751. The Morgan fingerprint density at radius 1 is 1.12 bits per heavy atom. The van der Waals surface area contributed by atoms with E-state index in [2.05, 4.69) is 20.8 Å². The first-order valence-corrected chi connectivity index (χ1v) is 7.51. The lowest BCUT2D eigenvalue weighted by molar-refractivity contribution is -0.124. The van der Waals surface area contributed by atoms with Crippen LogP contribution in [0.1, 0.15) is 17.2 Å². The minimum atomic E-state index is -0.573. The number of tetrazole rings is 1. The van der Waals surface area contributed by atoms with E-state index in [1.165, 1.54) is 23.1 Å². The van der Waals surface area contributed by atoms with E-state index < -0.39 is 6.04 Å². The SMILES string of the molecule is O=C(NCc1cccc(F)c1)[C@@H](Cc1ccccc1)n1cnnn1. The van der Waals surface area contributed by atoms with Crippen molar-refractivity contribution in [1.82, 2.24) is 25.5 Å². The average Bonchev–Trinajstić information content (AvgIpc) is 3.13. The number of rotatable bonds is 6. The third kappa shape index (κ3) is 4.01. The third-order valence-electron chi connectivity index (χ3n) is 3.61. The van der Waals surface area contributed by atoms with Crippen LogP contribution in [0.3, 0.4) is 0 Å². The molecule has 0 aliphatic carbocycles. The Bertz CT molecular complexity index is 792. The Hall–Kier alpha value is -3.09. The van der Waals surface area contributed by atoms with Crippen LogP contribution in [0.25, 0.3) is 0 Å². The van der Waals surface area contributed by atoms with Crippen molar-refractivity contribution in [3.63, 3.8) is 0 Å². The van der Waals surface area contributed by atoms with Gasteiger partial charge in [-0.1, -0.05) is 42.5 Å². The van der Waals surface area contributed by atoms with Gasteiger partial charge in [-0.3, -0.25) is 4.79 Å². The molecule has 1 heterocycles. The van der Waals surface area contributed by atoms with E-state index >= 15 is 0 Å². The van der Waals surface area contributed by atoms with Crippen molar-refractivity contribution in [1.29, 1.82) is 0 Å². The highest BCUT2D eigenvalue weighted by Gasteiger charge is 2.22. The molecule has 0 unspecified atom stereocenters. The van der Waals surface area contributed by atoms with Gasteiger partial charge in [0.2, 0.25) is 5.91 Å². The molecule has 1 aromatic heterocycles. The molecule has 0 aliphatic rings. The fourth-order valence-corrected chi connectivity index (χ4v) is 2.41. The van der Waals surface area contributed by atoms with E-state index in [1.54, 1.807) is 12.1 Å². The van der Waals surface area contributed by atoms with Gasteiger partial charge in [-0.2, -0.15) is 0 Å². The largest absolute Gasteiger partial charge is 0.350 e. The van der Waals surface area contributed by atoms with Crippen molar-refractivity contribution < 1.29 is 9.18 Å². The number of benzene rings is 2. The number of nitrogens with one attached hydrogen (secondary N) is 1. The van der Waals surface area contributed by atoms with E-state index in [-0.39, 0.29) is 18.3 Å². The lowest BCUT2D eigenvalue weighted by Crippen LogP contribution is -2.34. The van der Waals surface area contributed by atoms with Gasteiger partial charge in [0.1, 0.15) is 18.2 Å². The summed E-state index contributed by atoms with van der Waals surface area (Å²) >= 11 is 0. The second kappa shape index (κ2) is 7.45. The molecule has 0 saturated carbocycles. The summed E-state index contributed by atoms with van der Waals surface area (Å²) in [6.07, 6.45) is 1.87. The zero-order valence-corrected chi connectivity index (χ0v) is 12.8. The van der Waals surface area contributed by atoms with Crippen LogP contribution in [-0.2, 0) is 17.8 Å². The molecule has 0 radical (unpaired) electrons. The zero-order valence-electron chi connectivity index (χ0n) is 12.8. The summed E-state index contributed by atoms with van der Waals surface area (Å²) in [5.41, 5.74) is 1.69. The van der Waals surface area contributed by atoms with Crippen molar-refractivity contribution in [3.8, 4) is 0 Å². The van der Waals surface area contributed by atoms with Crippen LogP contribution in [0.4, 0.5) is 4.39 Å². The zero-order chi connectivity index (χ0) is 16.8. The van der Waals surface area contributed by atoms with Crippen molar-refractivity contribution in [3.05, 3.63) is 77.9 Å². The molecule has 0 aliphatic heterocycles. The predicted octanol–water partition coefficient (Wildman–Crippen LogP) is 1.91. The summed E-state index contributed by atoms with van der Waals surface area (Å²) in [6, 6.07) is 15.2. The van der Waals surface area contributed by atoms with Gasteiger partial charge in [0.05, 0.1) is 0 Å². The van der Waals surface area contributed by atoms with Crippen LogP contribution in [0.5, 0.6) is 0 Å². The van der Waals surface area contributed by atoms with E-state index in [1.807, 2.05) is 30.3 Å². The fourth-order valence-electron chi connectivity index (χ4n) is 2.41. The summed E-state index contributed by atoms with van der Waals surface area (Å²) < 4.78 is 14.6. The molecule has 1 atom stereocenters. The van der Waals surface area contributed by atoms with Gasteiger partial charge in [-0.15, -0.1) is 5.10 Å². The van der Waals surface area contributed by atoms with E-state index in [4.69, 9.17) is 0 Å². The number of amides is 1. The van der Waals surface area contributed by atoms with Crippen LogP contribution in [0.2, 0.25) is 0 Å². The molecule has 24 heavy (non-hydrogen) atoms. The van der Waals surface area contributed by atoms with Crippen LogP contribution in [-0.4, -0.2) is 26.1 Å². The lowest BCUT2D eigenvalue weighted by atomic mass is 10.1. The highest BCUT2D eigenvalue weighted by atomic mass is 19.1. The Morgan fingerprint density at radius 3 is 2.62 bits per heavy atom. The second-order valence-corrected chi connectivity index (χ2v) is 5.34. The molecule has 0 bridgehead atoms. The van der Waals surface area contributed by atoms with Gasteiger partial charge in [-0.25, -0.2) is 9.07 Å². The number of nitrogens with zero attached hydrogens (tertiary/aromatic N) is 4. The first kappa shape index (κ1) is 15.8. The molecule has 122 valence electrons. The summed E-state index contributed by atoms with van der Waals surface area (Å²) in [7, 11) is 0. The molecule has 0 saturated heterocycles. The minimum absolute atomic E-state index is 0.226. The first-order chi connectivity index (χ1) is 11.7. The van der Waals surface area contributed by atoms with Crippen LogP contribution in [0.15, 0.2) is 60.9 Å².